The SMILES string of the molecule is CCN(CC)CCOC(=O)c1ccc(NCCC(=O)c2cc3ccccc3o2)cc1. The molecule has 0 aliphatic carbocycles. The predicted octanol–water partition coefficient (Wildman–Crippen LogP) is 4.62. The van der Waals surface area contributed by atoms with Crippen LogP contribution in [0.1, 0.15) is 41.2 Å². The van der Waals surface area contributed by atoms with Gasteiger partial charge >= 0.3 is 5.97 Å². The number of carbonyl (C=O) groups is 2. The van der Waals surface area contributed by atoms with Gasteiger partial charge in [0.2, 0.25) is 0 Å². The van der Waals surface area contributed by atoms with Crippen molar-refractivity contribution in [1.29, 1.82) is 0 Å². The number of hydrogen-bond acceptors (Lipinski definition) is 6. The number of nitrogens with zero attached hydrogens (tertiary/aromatic N) is 1. The van der Waals surface area contributed by atoms with Crippen LogP contribution in [0.4, 0.5) is 5.69 Å². The smallest absolute Gasteiger partial charge is 0.338 e. The number of hydrogen-bond donors (Lipinski definition) is 1. The third-order valence-electron chi connectivity index (χ3n) is 5.04. The van der Waals surface area contributed by atoms with Gasteiger partial charge < -0.3 is 19.4 Å². The van der Waals surface area contributed by atoms with E-state index in [1.165, 1.54) is 0 Å². The van der Waals surface area contributed by atoms with E-state index in [4.69, 9.17) is 9.15 Å². The Bertz CT molecular complexity index is 941. The van der Waals surface area contributed by atoms with Gasteiger partial charge in [-0.2, -0.15) is 0 Å². The molecular formula is C24H28N2O4. The van der Waals surface area contributed by atoms with Crippen LogP contribution in [0.3, 0.4) is 0 Å². The molecule has 1 N–H and O–H groups in total. The Morgan fingerprint density at radius 3 is 2.47 bits per heavy atom. The maximum atomic E-state index is 12.3. The third kappa shape index (κ3) is 5.70. The van der Waals surface area contributed by atoms with Crippen molar-refractivity contribution < 1.29 is 18.7 Å². The minimum absolute atomic E-state index is 0.0490. The molecule has 0 saturated heterocycles. The summed E-state index contributed by atoms with van der Waals surface area (Å²) in [5, 5.41) is 4.12. The summed E-state index contributed by atoms with van der Waals surface area (Å²) in [5.74, 6) is 0.00155. The summed E-state index contributed by atoms with van der Waals surface area (Å²) in [6, 6.07) is 16.4. The molecule has 0 fully saturated rings. The molecule has 6 nitrogen and oxygen atoms in total. The lowest BCUT2D eigenvalue weighted by molar-refractivity contribution is 0.0466. The molecule has 0 atom stereocenters. The number of nitrogens with one attached hydrogen (secondary N) is 1. The molecular weight excluding hydrogens is 380 g/mol. The van der Waals surface area contributed by atoms with E-state index in [2.05, 4.69) is 24.1 Å². The molecule has 0 radical (unpaired) electrons. The van der Waals surface area contributed by atoms with E-state index in [1.54, 1.807) is 18.2 Å². The molecule has 3 aromatic rings. The molecule has 2 aromatic carbocycles. The molecule has 0 unspecified atom stereocenters. The Morgan fingerprint density at radius 2 is 1.77 bits per heavy atom. The van der Waals surface area contributed by atoms with Crippen LogP contribution in [0.15, 0.2) is 59.0 Å². The highest BCUT2D eigenvalue weighted by Crippen LogP contribution is 2.20. The topological polar surface area (TPSA) is 71.8 Å². The van der Waals surface area contributed by atoms with Crippen molar-refractivity contribution in [2.75, 3.05) is 38.1 Å². The second kappa shape index (κ2) is 10.6. The number of Topliss-reactive ketones (excluding diaryl/α,β-unsaturated/α-hetero) is 1. The Kier molecular flexibility index (Phi) is 7.63. The Hall–Kier alpha value is -3.12. The van der Waals surface area contributed by atoms with Gasteiger partial charge in [-0.3, -0.25) is 4.79 Å². The van der Waals surface area contributed by atoms with Crippen molar-refractivity contribution in [2.45, 2.75) is 20.3 Å². The van der Waals surface area contributed by atoms with Gasteiger partial charge in [-0.25, -0.2) is 4.79 Å². The summed E-state index contributed by atoms with van der Waals surface area (Å²) in [6.45, 7) is 7.63. The van der Waals surface area contributed by atoms with Crippen LogP contribution in [0.25, 0.3) is 11.0 Å². The zero-order valence-corrected chi connectivity index (χ0v) is 17.5. The second-order valence-corrected chi connectivity index (χ2v) is 6.99. The molecule has 6 heteroatoms. The van der Waals surface area contributed by atoms with Crippen LogP contribution in [0, 0.1) is 0 Å². The molecule has 158 valence electrons. The summed E-state index contributed by atoms with van der Waals surface area (Å²) >= 11 is 0. The first-order valence-corrected chi connectivity index (χ1v) is 10.4. The van der Waals surface area contributed by atoms with Crippen LogP contribution in [0.5, 0.6) is 0 Å². The van der Waals surface area contributed by atoms with E-state index in [-0.39, 0.29) is 11.8 Å². The maximum absolute atomic E-state index is 12.3. The molecule has 0 amide bonds. The van der Waals surface area contributed by atoms with Gasteiger partial charge in [-0.15, -0.1) is 0 Å². The predicted molar refractivity (Wildman–Crippen MR) is 118 cm³/mol. The highest BCUT2D eigenvalue weighted by Gasteiger charge is 2.12. The number of furan rings is 1. The molecule has 0 bridgehead atoms. The van der Waals surface area contributed by atoms with E-state index in [9.17, 15) is 9.59 Å². The average molecular weight is 408 g/mol. The highest BCUT2D eigenvalue weighted by atomic mass is 16.5. The van der Waals surface area contributed by atoms with Gasteiger partial charge in [0.25, 0.3) is 0 Å². The molecule has 0 spiro atoms. The molecule has 0 saturated carbocycles. The summed E-state index contributed by atoms with van der Waals surface area (Å²) in [5.41, 5.74) is 2.07. The van der Waals surface area contributed by atoms with Crippen molar-refractivity contribution in [2.24, 2.45) is 0 Å². The first-order chi connectivity index (χ1) is 14.6. The minimum Gasteiger partial charge on any atom is -0.461 e. The fourth-order valence-electron chi connectivity index (χ4n) is 3.18. The number of carbonyl (C=O) groups excluding carboxylic acids is 2. The van der Waals surface area contributed by atoms with Crippen molar-refractivity contribution in [1.82, 2.24) is 4.90 Å². The molecule has 1 aromatic heterocycles. The number of ketones is 1. The van der Waals surface area contributed by atoms with Crippen molar-refractivity contribution in [3.8, 4) is 0 Å². The first-order valence-electron chi connectivity index (χ1n) is 10.4. The number of para-hydroxylation sites is 1. The number of likely N-dealkylation sites (N-methyl/N-ethyl adjacent to an activating group) is 1. The summed E-state index contributed by atoms with van der Waals surface area (Å²) in [7, 11) is 0. The lowest BCUT2D eigenvalue weighted by atomic mass is 10.2. The Morgan fingerprint density at radius 1 is 1.03 bits per heavy atom. The van der Waals surface area contributed by atoms with Crippen LogP contribution in [-0.2, 0) is 4.74 Å². The molecule has 0 aliphatic heterocycles. The lowest BCUT2D eigenvalue weighted by Crippen LogP contribution is -2.27. The van der Waals surface area contributed by atoms with Crippen LogP contribution >= 0.6 is 0 Å². The normalized spacial score (nSPS) is 11.0. The van der Waals surface area contributed by atoms with Crippen LogP contribution in [-0.4, -0.2) is 49.4 Å². The van der Waals surface area contributed by atoms with Gasteiger partial charge in [-0.1, -0.05) is 32.0 Å². The Labute approximate surface area is 176 Å². The maximum Gasteiger partial charge on any atom is 0.338 e. The summed E-state index contributed by atoms with van der Waals surface area (Å²) < 4.78 is 10.9. The van der Waals surface area contributed by atoms with Gasteiger partial charge in [0.05, 0.1) is 5.56 Å². The van der Waals surface area contributed by atoms with Crippen molar-refractivity contribution in [3.63, 3.8) is 0 Å². The molecule has 3 rings (SSSR count). The molecule has 1 heterocycles. The number of fused-ring (bicyclic) bond motifs is 1. The van der Waals surface area contributed by atoms with E-state index in [0.29, 0.717) is 36.5 Å². The van der Waals surface area contributed by atoms with Crippen molar-refractivity contribution in [3.05, 3.63) is 65.9 Å². The highest BCUT2D eigenvalue weighted by molar-refractivity contribution is 5.97. The van der Waals surface area contributed by atoms with Crippen LogP contribution < -0.4 is 5.32 Å². The van der Waals surface area contributed by atoms with E-state index in [1.807, 2.05) is 36.4 Å². The van der Waals surface area contributed by atoms with E-state index >= 15 is 0 Å². The number of ether oxygens (including phenoxy) is 1. The number of benzene rings is 2. The Balaban J connectivity index is 1.44. The van der Waals surface area contributed by atoms with Gasteiger partial charge in [0.1, 0.15) is 12.2 Å². The quantitative estimate of drug-likeness (QED) is 0.369. The number of esters is 1. The zero-order chi connectivity index (χ0) is 21.3. The summed E-state index contributed by atoms with van der Waals surface area (Å²) in [4.78, 5) is 26.7. The largest absolute Gasteiger partial charge is 0.461 e. The monoisotopic (exact) mass is 408 g/mol. The fraction of sp³-hybridized carbons (Fsp3) is 0.333. The number of anilines is 1. The zero-order valence-electron chi connectivity index (χ0n) is 17.5. The van der Waals surface area contributed by atoms with Gasteiger partial charge in [0, 0.05) is 30.6 Å². The van der Waals surface area contributed by atoms with Crippen molar-refractivity contribution >= 4 is 28.4 Å². The molecule has 30 heavy (non-hydrogen) atoms. The van der Waals surface area contributed by atoms with Crippen LogP contribution in [0.2, 0.25) is 0 Å². The second-order valence-electron chi connectivity index (χ2n) is 6.99. The standard InChI is InChI=1S/C24H28N2O4/c1-3-26(4-2)15-16-29-24(28)18-9-11-20(12-10-18)25-14-13-21(27)23-17-19-7-5-6-8-22(19)30-23/h5-12,17,25H,3-4,13-16H2,1-2H3. The first kappa shape index (κ1) is 21.6. The summed E-state index contributed by atoms with van der Waals surface area (Å²) in [6.07, 6.45) is 0.314. The number of rotatable bonds is 11. The lowest BCUT2D eigenvalue weighted by Gasteiger charge is -2.17. The third-order valence-corrected chi connectivity index (χ3v) is 5.04. The van der Waals surface area contributed by atoms with Gasteiger partial charge in [0.15, 0.2) is 11.5 Å². The average Bonchev–Trinajstić information content (AvgIpc) is 3.21. The molecule has 0 aliphatic rings. The van der Waals surface area contributed by atoms with E-state index < -0.39 is 0 Å². The fourth-order valence-corrected chi connectivity index (χ4v) is 3.18. The minimum atomic E-state index is -0.325. The van der Waals surface area contributed by atoms with E-state index in [0.717, 1.165) is 30.7 Å². The van der Waals surface area contributed by atoms with Gasteiger partial charge in [-0.05, 0) is 49.5 Å².